The molecule has 0 saturated carbocycles. The van der Waals surface area contributed by atoms with Gasteiger partial charge in [-0.1, -0.05) is 6.07 Å². The van der Waals surface area contributed by atoms with Crippen molar-refractivity contribution >= 4 is 12.0 Å². The van der Waals surface area contributed by atoms with E-state index in [0.29, 0.717) is 11.3 Å². The zero-order chi connectivity index (χ0) is 14.9. The zero-order valence-electron chi connectivity index (χ0n) is 11.8. The van der Waals surface area contributed by atoms with Crippen molar-refractivity contribution in [3.05, 3.63) is 53.6 Å². The molecule has 1 atom stereocenters. The number of rotatable bonds is 4. The summed E-state index contributed by atoms with van der Waals surface area (Å²) in [7, 11) is 3.15. The second-order valence-corrected chi connectivity index (χ2v) is 4.62. The van der Waals surface area contributed by atoms with Crippen LogP contribution in [0.25, 0.3) is 0 Å². The molecule has 0 bridgehead atoms. The third-order valence-corrected chi connectivity index (χ3v) is 3.47. The minimum Gasteiger partial charge on any atom is -0.497 e. The molecule has 0 fully saturated rings. The van der Waals surface area contributed by atoms with Crippen LogP contribution in [0, 0.1) is 0 Å². The van der Waals surface area contributed by atoms with E-state index in [-0.39, 0.29) is 0 Å². The highest BCUT2D eigenvalue weighted by Gasteiger charge is 2.42. The molecule has 0 spiro atoms. The van der Waals surface area contributed by atoms with Crippen molar-refractivity contribution in [1.82, 2.24) is 0 Å². The van der Waals surface area contributed by atoms with E-state index in [1.165, 1.54) is 0 Å². The van der Waals surface area contributed by atoms with Crippen molar-refractivity contribution in [1.29, 1.82) is 0 Å². The molecular weight excluding hydrogens is 270 g/mol. The number of methoxy groups -OCH3 is 2. The number of carbonyl (C=O) groups excluding carboxylic acids is 1. The summed E-state index contributed by atoms with van der Waals surface area (Å²) < 4.78 is 16.6. The number of hydrogen-bond acceptors (Lipinski definition) is 5. The third kappa shape index (κ3) is 2.11. The zero-order valence-corrected chi connectivity index (χ0v) is 11.8. The highest BCUT2D eigenvalue weighted by Crippen LogP contribution is 2.44. The summed E-state index contributed by atoms with van der Waals surface area (Å²) in [6.45, 7) is 0. The Morgan fingerprint density at radius 2 is 1.90 bits per heavy atom. The number of benzene rings is 2. The van der Waals surface area contributed by atoms with Gasteiger partial charge in [-0.05, 0) is 36.4 Å². The molecule has 1 aliphatic rings. The number of carbonyl (C=O) groups is 1. The molecule has 108 valence electrons. The van der Waals surface area contributed by atoms with Gasteiger partial charge in [0.2, 0.25) is 0 Å². The van der Waals surface area contributed by atoms with Crippen molar-refractivity contribution < 1.29 is 19.0 Å². The maximum Gasteiger partial charge on any atom is 0.320 e. The van der Waals surface area contributed by atoms with Crippen molar-refractivity contribution in [3.8, 4) is 11.5 Å². The highest BCUT2D eigenvalue weighted by molar-refractivity contribution is 5.85. The first-order chi connectivity index (χ1) is 10.2. The third-order valence-electron chi connectivity index (χ3n) is 3.47. The van der Waals surface area contributed by atoms with Gasteiger partial charge < -0.3 is 19.5 Å². The second kappa shape index (κ2) is 5.10. The predicted octanol–water partition coefficient (Wildman–Crippen LogP) is 2.77. The molecule has 0 saturated heterocycles. The topological polar surface area (TPSA) is 56.8 Å². The predicted molar refractivity (Wildman–Crippen MR) is 77.8 cm³/mol. The largest absolute Gasteiger partial charge is 0.497 e. The fourth-order valence-electron chi connectivity index (χ4n) is 2.36. The van der Waals surface area contributed by atoms with Crippen molar-refractivity contribution in [2.75, 3.05) is 19.5 Å². The van der Waals surface area contributed by atoms with Crippen LogP contribution in [0.4, 0.5) is 5.69 Å². The van der Waals surface area contributed by atoms with E-state index >= 15 is 0 Å². The minimum atomic E-state index is -1.15. The summed E-state index contributed by atoms with van der Waals surface area (Å²) >= 11 is 0. The average molecular weight is 285 g/mol. The van der Waals surface area contributed by atoms with E-state index in [4.69, 9.17) is 14.2 Å². The van der Waals surface area contributed by atoms with Crippen LogP contribution in [0.15, 0.2) is 42.5 Å². The van der Waals surface area contributed by atoms with Gasteiger partial charge in [0.15, 0.2) is 12.0 Å². The van der Waals surface area contributed by atoms with Crippen LogP contribution in [0.1, 0.15) is 15.9 Å². The van der Waals surface area contributed by atoms with E-state index in [1.54, 1.807) is 26.4 Å². The van der Waals surface area contributed by atoms with Gasteiger partial charge in [-0.25, -0.2) is 0 Å². The first-order valence-corrected chi connectivity index (χ1v) is 6.47. The molecule has 3 rings (SSSR count). The lowest BCUT2D eigenvalue weighted by molar-refractivity contribution is -0.138. The molecule has 2 aromatic rings. The Balaban J connectivity index is 2.02. The van der Waals surface area contributed by atoms with Crippen LogP contribution in [0.2, 0.25) is 0 Å². The Hall–Kier alpha value is -2.53. The molecule has 0 amide bonds. The fraction of sp³-hybridized carbons (Fsp3) is 0.188. The van der Waals surface area contributed by atoms with Gasteiger partial charge in [-0.2, -0.15) is 0 Å². The average Bonchev–Trinajstić information content (AvgIpc) is 2.95. The van der Waals surface area contributed by atoms with Gasteiger partial charge in [-0.15, -0.1) is 0 Å². The molecular formula is C16H15NO4. The summed E-state index contributed by atoms with van der Waals surface area (Å²) in [6.07, 6.45) is 0.764. The van der Waals surface area contributed by atoms with E-state index in [1.807, 2.05) is 30.3 Å². The van der Waals surface area contributed by atoms with Gasteiger partial charge in [0.25, 0.3) is 0 Å². The number of para-hydroxylation sites is 1. The van der Waals surface area contributed by atoms with Crippen molar-refractivity contribution in [2.45, 2.75) is 5.91 Å². The monoisotopic (exact) mass is 285 g/mol. The van der Waals surface area contributed by atoms with E-state index < -0.39 is 5.91 Å². The quantitative estimate of drug-likeness (QED) is 0.875. The number of hydrogen-bond donors (Lipinski definition) is 1. The molecule has 0 aromatic heterocycles. The van der Waals surface area contributed by atoms with Crippen LogP contribution in [0.5, 0.6) is 11.5 Å². The normalized spacial score (nSPS) is 19.3. The summed E-state index contributed by atoms with van der Waals surface area (Å²) in [5.41, 5.74) is 1.98. The molecule has 1 aliphatic heterocycles. The Bertz CT molecular complexity index is 668. The smallest absolute Gasteiger partial charge is 0.320 e. The number of anilines is 1. The first kappa shape index (κ1) is 13.5. The van der Waals surface area contributed by atoms with Crippen LogP contribution < -0.4 is 14.8 Å². The van der Waals surface area contributed by atoms with Crippen LogP contribution in [-0.2, 0) is 10.6 Å². The van der Waals surface area contributed by atoms with Gasteiger partial charge in [-0.3, -0.25) is 4.79 Å². The van der Waals surface area contributed by atoms with Crippen LogP contribution in [-0.4, -0.2) is 20.5 Å². The molecule has 1 heterocycles. The molecule has 0 radical (unpaired) electrons. The lowest BCUT2D eigenvalue weighted by Crippen LogP contribution is -2.39. The minimum absolute atomic E-state index is 0.479. The van der Waals surface area contributed by atoms with Gasteiger partial charge >= 0.3 is 5.91 Å². The molecule has 2 aromatic carbocycles. The molecule has 5 nitrogen and oxygen atoms in total. The molecule has 0 aliphatic carbocycles. The van der Waals surface area contributed by atoms with Gasteiger partial charge in [0.05, 0.1) is 18.4 Å². The highest BCUT2D eigenvalue weighted by atomic mass is 16.7. The lowest BCUT2D eigenvalue weighted by Gasteiger charge is -2.27. The maximum absolute atomic E-state index is 11.1. The summed E-state index contributed by atoms with van der Waals surface area (Å²) in [5, 5.41) is 3.18. The summed E-state index contributed by atoms with van der Waals surface area (Å²) in [4.78, 5) is 11.1. The lowest BCUT2D eigenvalue weighted by atomic mass is 10.1. The van der Waals surface area contributed by atoms with E-state index in [0.717, 1.165) is 23.3 Å². The van der Waals surface area contributed by atoms with Crippen molar-refractivity contribution in [2.24, 2.45) is 0 Å². The Morgan fingerprint density at radius 3 is 2.52 bits per heavy atom. The van der Waals surface area contributed by atoms with Gasteiger partial charge in [0, 0.05) is 12.7 Å². The standard InChI is InChI=1S/C16H15NO4/c1-19-13-8-6-12(7-9-13)16(20-2)17-14-5-3-4-11(10-18)15(14)21-16/h3-10,17H,1-2H3. The van der Waals surface area contributed by atoms with Crippen LogP contribution >= 0.6 is 0 Å². The maximum atomic E-state index is 11.1. The summed E-state index contributed by atoms with van der Waals surface area (Å²) in [6, 6.07) is 12.7. The van der Waals surface area contributed by atoms with E-state index in [2.05, 4.69) is 5.32 Å². The number of nitrogens with one attached hydrogen (secondary N) is 1. The Kier molecular flexibility index (Phi) is 3.27. The Labute approximate surface area is 122 Å². The number of aldehydes is 1. The molecule has 5 heteroatoms. The molecule has 1 unspecified atom stereocenters. The number of fused-ring (bicyclic) bond motifs is 1. The fourth-order valence-corrected chi connectivity index (χ4v) is 2.36. The van der Waals surface area contributed by atoms with Crippen molar-refractivity contribution in [3.63, 3.8) is 0 Å². The molecule has 1 N–H and O–H groups in total. The number of ether oxygens (including phenoxy) is 3. The van der Waals surface area contributed by atoms with E-state index in [9.17, 15) is 4.79 Å². The Morgan fingerprint density at radius 1 is 1.14 bits per heavy atom. The summed E-state index contributed by atoms with van der Waals surface area (Å²) in [5.74, 6) is 0.0903. The first-order valence-electron chi connectivity index (χ1n) is 6.47. The van der Waals surface area contributed by atoms with Crippen LogP contribution in [0.3, 0.4) is 0 Å². The SMILES string of the molecule is COc1ccc(C2(OC)Nc3cccc(C=O)c3O2)cc1. The van der Waals surface area contributed by atoms with Gasteiger partial charge in [0.1, 0.15) is 5.75 Å². The second-order valence-electron chi connectivity index (χ2n) is 4.62. The molecule has 21 heavy (non-hydrogen) atoms.